The molecule has 0 N–H and O–H groups in total. The van der Waals surface area contributed by atoms with Crippen LogP contribution in [0.1, 0.15) is 37.7 Å². The molecule has 5 nitrogen and oxygen atoms in total. The number of halogens is 1. The predicted octanol–water partition coefficient (Wildman–Crippen LogP) is 3.28. The van der Waals surface area contributed by atoms with Crippen LogP contribution in [0.2, 0.25) is 5.02 Å². The lowest BCUT2D eigenvalue weighted by Gasteiger charge is -2.35. The number of benzene rings is 1. The van der Waals surface area contributed by atoms with Crippen LogP contribution in [0.25, 0.3) is 0 Å². The number of rotatable bonds is 4. The molecular formula is C19H22ClNO4. The second kappa shape index (κ2) is 7.58. The molecule has 1 aromatic carbocycles. The first-order chi connectivity index (χ1) is 12.0. The standard InChI is InChI=1S/C19H22ClNO4/c1-12-18(19(23)24-2)16(13-5-7-14(20)8-6-13)10-17(22)21(12)11-15-4-3-9-25-15/h5-8,15-16H,3-4,9-11H2,1-2H3/t15-,16+/m1/s1. The molecule has 0 radical (unpaired) electrons. The van der Waals surface area contributed by atoms with Crippen LogP contribution < -0.4 is 0 Å². The van der Waals surface area contributed by atoms with E-state index in [-0.39, 0.29) is 24.3 Å². The second-order valence-corrected chi connectivity index (χ2v) is 6.87. The first kappa shape index (κ1) is 18.0. The third-order valence-corrected chi connectivity index (χ3v) is 5.16. The molecule has 1 fully saturated rings. The van der Waals surface area contributed by atoms with Gasteiger partial charge < -0.3 is 14.4 Å². The fourth-order valence-corrected chi connectivity index (χ4v) is 3.71. The van der Waals surface area contributed by atoms with Gasteiger partial charge in [0.2, 0.25) is 5.91 Å². The summed E-state index contributed by atoms with van der Waals surface area (Å²) in [6.45, 7) is 3.02. The van der Waals surface area contributed by atoms with Gasteiger partial charge in [-0.25, -0.2) is 4.79 Å². The maximum atomic E-state index is 12.8. The zero-order valence-corrected chi connectivity index (χ0v) is 15.2. The Hall–Kier alpha value is -1.85. The first-order valence-corrected chi connectivity index (χ1v) is 8.85. The summed E-state index contributed by atoms with van der Waals surface area (Å²) in [5.74, 6) is -0.721. The molecule has 0 spiro atoms. The van der Waals surface area contributed by atoms with Crippen molar-refractivity contribution in [2.75, 3.05) is 20.3 Å². The Balaban J connectivity index is 1.96. The lowest BCUT2D eigenvalue weighted by atomic mass is 9.83. The minimum Gasteiger partial charge on any atom is -0.466 e. The highest BCUT2D eigenvalue weighted by Crippen LogP contribution is 2.37. The smallest absolute Gasteiger partial charge is 0.336 e. The fourth-order valence-electron chi connectivity index (χ4n) is 3.58. The molecule has 1 amide bonds. The molecule has 0 aliphatic carbocycles. The van der Waals surface area contributed by atoms with Crippen LogP contribution in [0.5, 0.6) is 0 Å². The van der Waals surface area contributed by atoms with Crippen molar-refractivity contribution in [3.8, 4) is 0 Å². The lowest BCUT2D eigenvalue weighted by molar-refractivity contribution is -0.138. The molecule has 2 heterocycles. The van der Waals surface area contributed by atoms with Crippen LogP contribution in [0.4, 0.5) is 0 Å². The summed E-state index contributed by atoms with van der Waals surface area (Å²) in [5, 5.41) is 0.617. The van der Waals surface area contributed by atoms with Crippen LogP contribution in [0.3, 0.4) is 0 Å². The van der Waals surface area contributed by atoms with Crippen LogP contribution in [-0.2, 0) is 19.1 Å². The molecule has 3 rings (SSSR count). The average molecular weight is 364 g/mol. The van der Waals surface area contributed by atoms with Gasteiger partial charge in [-0.1, -0.05) is 23.7 Å². The average Bonchev–Trinajstić information content (AvgIpc) is 3.11. The highest BCUT2D eigenvalue weighted by atomic mass is 35.5. The van der Waals surface area contributed by atoms with Gasteiger partial charge in [0.15, 0.2) is 0 Å². The first-order valence-electron chi connectivity index (χ1n) is 8.47. The molecule has 2 aliphatic heterocycles. The van der Waals surface area contributed by atoms with Gasteiger partial charge in [-0.15, -0.1) is 0 Å². The van der Waals surface area contributed by atoms with E-state index in [1.165, 1.54) is 7.11 Å². The van der Waals surface area contributed by atoms with Gasteiger partial charge >= 0.3 is 5.97 Å². The number of hydrogen-bond acceptors (Lipinski definition) is 4. The van der Waals surface area contributed by atoms with Gasteiger partial charge in [0.05, 0.1) is 25.3 Å². The van der Waals surface area contributed by atoms with Crippen molar-refractivity contribution in [3.63, 3.8) is 0 Å². The minimum absolute atomic E-state index is 0.000558. The number of carbonyl (C=O) groups excluding carboxylic acids is 2. The van der Waals surface area contributed by atoms with Crippen molar-refractivity contribution in [1.82, 2.24) is 4.90 Å². The van der Waals surface area contributed by atoms with Crippen LogP contribution in [0.15, 0.2) is 35.5 Å². The summed E-state index contributed by atoms with van der Waals surface area (Å²) in [4.78, 5) is 26.9. The van der Waals surface area contributed by atoms with Gasteiger partial charge in [0.1, 0.15) is 0 Å². The fraction of sp³-hybridized carbons (Fsp3) is 0.474. The quantitative estimate of drug-likeness (QED) is 0.770. The highest BCUT2D eigenvalue weighted by molar-refractivity contribution is 6.30. The molecule has 0 saturated carbocycles. The van der Waals surface area contributed by atoms with Crippen LogP contribution in [-0.4, -0.2) is 43.1 Å². The van der Waals surface area contributed by atoms with E-state index in [0.29, 0.717) is 22.8 Å². The number of nitrogens with zero attached hydrogens (tertiary/aromatic N) is 1. The van der Waals surface area contributed by atoms with Crippen LogP contribution >= 0.6 is 11.6 Å². The molecule has 25 heavy (non-hydrogen) atoms. The van der Waals surface area contributed by atoms with E-state index in [2.05, 4.69) is 0 Å². The number of methoxy groups -OCH3 is 1. The Morgan fingerprint density at radius 3 is 2.68 bits per heavy atom. The molecule has 2 atom stereocenters. The second-order valence-electron chi connectivity index (χ2n) is 6.44. The van der Waals surface area contributed by atoms with E-state index in [0.717, 1.165) is 25.0 Å². The van der Waals surface area contributed by atoms with Crippen molar-refractivity contribution >= 4 is 23.5 Å². The maximum Gasteiger partial charge on any atom is 0.336 e. The predicted molar refractivity (Wildman–Crippen MR) is 94.2 cm³/mol. The lowest BCUT2D eigenvalue weighted by Crippen LogP contribution is -2.42. The topological polar surface area (TPSA) is 55.8 Å². The van der Waals surface area contributed by atoms with Gasteiger partial charge in [-0.2, -0.15) is 0 Å². The molecule has 1 aromatic rings. The van der Waals surface area contributed by atoms with E-state index in [4.69, 9.17) is 21.1 Å². The Kier molecular flexibility index (Phi) is 5.45. The van der Waals surface area contributed by atoms with E-state index in [1.807, 2.05) is 12.1 Å². The number of ether oxygens (including phenoxy) is 2. The molecular weight excluding hydrogens is 342 g/mol. The van der Waals surface area contributed by atoms with Gasteiger partial charge in [-0.3, -0.25) is 4.79 Å². The number of amides is 1. The number of carbonyl (C=O) groups is 2. The molecule has 6 heteroatoms. The Morgan fingerprint density at radius 1 is 1.36 bits per heavy atom. The Labute approximate surface area is 152 Å². The maximum absolute atomic E-state index is 12.8. The third kappa shape index (κ3) is 3.72. The van der Waals surface area contributed by atoms with Crippen molar-refractivity contribution < 1.29 is 19.1 Å². The summed E-state index contributed by atoms with van der Waals surface area (Å²) < 4.78 is 10.6. The number of esters is 1. The normalized spacial score (nSPS) is 24.0. The Morgan fingerprint density at radius 2 is 2.08 bits per heavy atom. The van der Waals surface area contributed by atoms with Gasteiger partial charge in [0.25, 0.3) is 0 Å². The summed E-state index contributed by atoms with van der Waals surface area (Å²) in [7, 11) is 1.36. The van der Waals surface area contributed by atoms with Crippen molar-refractivity contribution in [1.29, 1.82) is 0 Å². The monoisotopic (exact) mass is 363 g/mol. The molecule has 0 unspecified atom stereocenters. The van der Waals surface area contributed by atoms with E-state index in [9.17, 15) is 9.59 Å². The number of allylic oxidation sites excluding steroid dienone is 1. The zero-order chi connectivity index (χ0) is 18.0. The largest absolute Gasteiger partial charge is 0.466 e. The van der Waals surface area contributed by atoms with E-state index < -0.39 is 5.97 Å². The number of hydrogen-bond donors (Lipinski definition) is 0. The summed E-state index contributed by atoms with van der Waals surface area (Å²) in [5.41, 5.74) is 2.07. The summed E-state index contributed by atoms with van der Waals surface area (Å²) >= 11 is 5.96. The van der Waals surface area contributed by atoms with Crippen molar-refractivity contribution in [3.05, 3.63) is 46.1 Å². The summed E-state index contributed by atoms with van der Waals surface area (Å²) in [6, 6.07) is 7.24. The highest BCUT2D eigenvalue weighted by Gasteiger charge is 2.37. The molecule has 1 saturated heterocycles. The van der Waals surface area contributed by atoms with E-state index in [1.54, 1.807) is 24.0 Å². The van der Waals surface area contributed by atoms with Gasteiger partial charge in [0, 0.05) is 29.7 Å². The third-order valence-electron chi connectivity index (χ3n) is 4.91. The SMILES string of the molecule is COC(=O)C1=C(C)N(C[C@H]2CCCO2)C(=O)C[C@H]1c1ccc(Cl)cc1. The van der Waals surface area contributed by atoms with Crippen LogP contribution in [0, 0.1) is 0 Å². The Bertz CT molecular complexity index is 692. The van der Waals surface area contributed by atoms with Crippen molar-refractivity contribution in [2.24, 2.45) is 0 Å². The molecule has 0 bridgehead atoms. The summed E-state index contributed by atoms with van der Waals surface area (Å²) in [6.07, 6.45) is 2.21. The zero-order valence-electron chi connectivity index (χ0n) is 14.5. The van der Waals surface area contributed by atoms with E-state index >= 15 is 0 Å². The van der Waals surface area contributed by atoms with Gasteiger partial charge in [-0.05, 0) is 37.5 Å². The van der Waals surface area contributed by atoms with Crippen molar-refractivity contribution in [2.45, 2.75) is 38.2 Å². The molecule has 134 valence electrons. The molecule has 2 aliphatic rings. The molecule has 0 aromatic heterocycles. The minimum atomic E-state index is -0.401.